The van der Waals surface area contributed by atoms with Crippen molar-refractivity contribution >= 4 is 5.97 Å². The summed E-state index contributed by atoms with van der Waals surface area (Å²) in [6.07, 6.45) is 11.3. The summed E-state index contributed by atoms with van der Waals surface area (Å²) in [6, 6.07) is 0. The van der Waals surface area contributed by atoms with Crippen molar-refractivity contribution in [1.82, 2.24) is 0 Å². The first-order valence-electron chi connectivity index (χ1n) is 7.65. The van der Waals surface area contributed by atoms with Gasteiger partial charge in [-0.15, -0.1) is 0 Å². The van der Waals surface area contributed by atoms with Crippen LogP contribution in [-0.2, 0) is 9.53 Å². The molecule has 1 unspecified atom stereocenters. The minimum absolute atomic E-state index is 0.0773. The molecule has 0 saturated carbocycles. The standard InChI is InChI=1S/C18H28O3/c1-13(2)10-8-6-7-9-11-15(19)18(4,5)16-12-14(3)17(20)21-16/h6-11,13-16,19H,12H2,1-5H3/b7-6+,10-8+,11-9+/t14-,15?,16-/m1/s1. The maximum atomic E-state index is 11.5. The van der Waals surface area contributed by atoms with Gasteiger partial charge in [0.1, 0.15) is 6.10 Å². The molecule has 3 atom stereocenters. The molecule has 1 fully saturated rings. The number of esters is 1. The van der Waals surface area contributed by atoms with E-state index in [0.717, 1.165) is 0 Å². The van der Waals surface area contributed by atoms with Crippen LogP contribution in [0.15, 0.2) is 36.5 Å². The van der Waals surface area contributed by atoms with Crippen molar-refractivity contribution < 1.29 is 14.6 Å². The van der Waals surface area contributed by atoms with Gasteiger partial charge in [0.15, 0.2) is 0 Å². The van der Waals surface area contributed by atoms with E-state index in [4.69, 9.17) is 4.74 Å². The van der Waals surface area contributed by atoms with E-state index in [1.54, 1.807) is 6.08 Å². The lowest BCUT2D eigenvalue weighted by Gasteiger charge is -2.33. The van der Waals surface area contributed by atoms with E-state index in [9.17, 15) is 9.90 Å². The molecule has 21 heavy (non-hydrogen) atoms. The molecular weight excluding hydrogens is 264 g/mol. The molecule has 1 aliphatic heterocycles. The summed E-state index contributed by atoms with van der Waals surface area (Å²) in [5, 5.41) is 10.3. The minimum atomic E-state index is -0.653. The second-order valence-electron chi connectivity index (χ2n) is 6.73. The smallest absolute Gasteiger partial charge is 0.309 e. The molecule has 1 aliphatic rings. The highest BCUT2D eigenvalue weighted by Crippen LogP contribution is 2.37. The Balaban J connectivity index is 2.57. The predicted octanol–water partition coefficient (Wildman–Crippen LogP) is 3.65. The van der Waals surface area contributed by atoms with Crippen LogP contribution in [0.25, 0.3) is 0 Å². The maximum absolute atomic E-state index is 11.5. The van der Waals surface area contributed by atoms with Gasteiger partial charge in [0, 0.05) is 5.41 Å². The van der Waals surface area contributed by atoms with Gasteiger partial charge in [0.2, 0.25) is 0 Å². The lowest BCUT2D eigenvalue weighted by Crippen LogP contribution is -2.39. The van der Waals surface area contributed by atoms with Crippen LogP contribution in [0, 0.1) is 17.3 Å². The van der Waals surface area contributed by atoms with E-state index in [1.165, 1.54) is 0 Å². The molecule has 0 aromatic heterocycles. The van der Waals surface area contributed by atoms with E-state index in [-0.39, 0.29) is 18.0 Å². The molecule has 0 radical (unpaired) electrons. The Hall–Kier alpha value is -1.35. The number of aliphatic hydroxyl groups excluding tert-OH is 1. The zero-order valence-corrected chi connectivity index (χ0v) is 13.7. The van der Waals surface area contributed by atoms with Gasteiger partial charge < -0.3 is 9.84 Å². The fourth-order valence-electron chi connectivity index (χ4n) is 2.20. The van der Waals surface area contributed by atoms with Crippen LogP contribution in [-0.4, -0.2) is 23.3 Å². The first-order valence-corrected chi connectivity index (χ1v) is 7.65. The summed E-state index contributed by atoms with van der Waals surface area (Å²) < 4.78 is 5.37. The molecule has 1 rings (SSSR count). The van der Waals surface area contributed by atoms with Gasteiger partial charge in [0.05, 0.1) is 12.0 Å². The van der Waals surface area contributed by atoms with Crippen LogP contribution in [0.5, 0.6) is 0 Å². The van der Waals surface area contributed by atoms with Crippen molar-refractivity contribution in [3.8, 4) is 0 Å². The molecule has 0 bridgehead atoms. The van der Waals surface area contributed by atoms with Gasteiger partial charge in [0.25, 0.3) is 0 Å². The average molecular weight is 292 g/mol. The summed E-state index contributed by atoms with van der Waals surface area (Å²) in [7, 11) is 0. The van der Waals surface area contributed by atoms with Crippen LogP contribution in [0.1, 0.15) is 41.0 Å². The zero-order valence-electron chi connectivity index (χ0n) is 13.7. The predicted molar refractivity (Wildman–Crippen MR) is 85.7 cm³/mol. The van der Waals surface area contributed by atoms with Crippen molar-refractivity contribution in [2.45, 2.75) is 53.2 Å². The number of carbonyl (C=O) groups is 1. The third kappa shape index (κ3) is 5.16. The highest BCUT2D eigenvalue weighted by atomic mass is 16.6. The van der Waals surface area contributed by atoms with E-state index < -0.39 is 11.5 Å². The summed E-state index contributed by atoms with van der Waals surface area (Å²) in [5.41, 5.74) is -0.488. The van der Waals surface area contributed by atoms with Crippen molar-refractivity contribution in [3.05, 3.63) is 36.5 Å². The minimum Gasteiger partial charge on any atom is -0.461 e. The van der Waals surface area contributed by atoms with Crippen LogP contribution < -0.4 is 0 Å². The topological polar surface area (TPSA) is 46.5 Å². The summed E-state index contributed by atoms with van der Waals surface area (Å²) >= 11 is 0. The third-order valence-electron chi connectivity index (χ3n) is 3.94. The molecule has 1 N–H and O–H groups in total. The van der Waals surface area contributed by atoms with E-state index in [0.29, 0.717) is 12.3 Å². The number of rotatable bonds is 6. The second kappa shape index (κ2) is 7.60. The van der Waals surface area contributed by atoms with E-state index in [1.807, 2.05) is 45.1 Å². The molecule has 0 aliphatic carbocycles. The third-order valence-corrected chi connectivity index (χ3v) is 3.94. The summed E-state index contributed by atoms with van der Waals surface area (Å²) in [4.78, 5) is 11.5. The van der Waals surface area contributed by atoms with Gasteiger partial charge in [-0.25, -0.2) is 0 Å². The van der Waals surface area contributed by atoms with Crippen LogP contribution in [0.4, 0.5) is 0 Å². The number of hydrogen-bond acceptors (Lipinski definition) is 3. The first kappa shape index (κ1) is 17.7. The van der Waals surface area contributed by atoms with Crippen molar-refractivity contribution in [2.24, 2.45) is 17.3 Å². The number of allylic oxidation sites excluding steroid dienone is 5. The molecule has 1 saturated heterocycles. The summed E-state index contributed by atoms with van der Waals surface area (Å²) in [5.74, 6) is 0.289. The van der Waals surface area contributed by atoms with Gasteiger partial charge >= 0.3 is 5.97 Å². The van der Waals surface area contributed by atoms with Crippen molar-refractivity contribution in [1.29, 1.82) is 0 Å². The van der Waals surface area contributed by atoms with Crippen molar-refractivity contribution in [2.75, 3.05) is 0 Å². The number of aliphatic hydroxyl groups is 1. The largest absolute Gasteiger partial charge is 0.461 e. The lowest BCUT2D eigenvalue weighted by atomic mass is 9.78. The number of hydrogen-bond donors (Lipinski definition) is 1. The van der Waals surface area contributed by atoms with E-state index >= 15 is 0 Å². The Labute approximate surface area is 128 Å². The molecular formula is C18H28O3. The Morgan fingerprint density at radius 1 is 1.19 bits per heavy atom. The van der Waals surface area contributed by atoms with Gasteiger partial charge in [-0.1, -0.05) is 71.1 Å². The fraction of sp³-hybridized carbons (Fsp3) is 0.611. The first-order chi connectivity index (χ1) is 9.75. The van der Waals surface area contributed by atoms with Gasteiger partial charge in [-0.05, 0) is 12.3 Å². The Morgan fingerprint density at radius 3 is 2.24 bits per heavy atom. The average Bonchev–Trinajstić information content (AvgIpc) is 2.73. The van der Waals surface area contributed by atoms with Gasteiger partial charge in [-0.2, -0.15) is 0 Å². The lowest BCUT2D eigenvalue weighted by molar-refractivity contribution is -0.149. The molecule has 3 heteroatoms. The highest BCUT2D eigenvalue weighted by molar-refractivity contribution is 5.74. The zero-order chi connectivity index (χ0) is 16.0. The molecule has 1 heterocycles. The maximum Gasteiger partial charge on any atom is 0.309 e. The SMILES string of the molecule is CC(C)/C=C/C=C/C=C/C(O)C(C)(C)[C@H]1C[C@@H](C)C(=O)O1. The second-order valence-corrected chi connectivity index (χ2v) is 6.73. The van der Waals surface area contributed by atoms with Crippen LogP contribution in [0.2, 0.25) is 0 Å². The van der Waals surface area contributed by atoms with Crippen LogP contribution in [0.3, 0.4) is 0 Å². The normalized spacial score (nSPS) is 25.6. The quantitative estimate of drug-likeness (QED) is 0.600. The van der Waals surface area contributed by atoms with E-state index in [2.05, 4.69) is 19.9 Å². The Morgan fingerprint density at radius 2 is 1.76 bits per heavy atom. The molecule has 0 amide bonds. The van der Waals surface area contributed by atoms with Crippen molar-refractivity contribution in [3.63, 3.8) is 0 Å². The number of cyclic esters (lactones) is 1. The van der Waals surface area contributed by atoms with Gasteiger partial charge in [-0.3, -0.25) is 4.79 Å². The fourth-order valence-corrected chi connectivity index (χ4v) is 2.20. The monoisotopic (exact) mass is 292 g/mol. The highest BCUT2D eigenvalue weighted by Gasteiger charge is 2.44. The number of carbonyl (C=O) groups excluding carboxylic acids is 1. The number of ether oxygens (including phenoxy) is 1. The summed E-state index contributed by atoms with van der Waals surface area (Å²) in [6.45, 7) is 9.97. The molecule has 0 aromatic carbocycles. The molecule has 0 aromatic rings. The Kier molecular flexibility index (Phi) is 6.41. The molecule has 0 spiro atoms. The Bertz CT molecular complexity index is 430. The molecule has 118 valence electrons. The molecule has 3 nitrogen and oxygen atoms in total. The van der Waals surface area contributed by atoms with Crippen LogP contribution >= 0.6 is 0 Å².